The maximum Gasteiger partial charge on any atom is 0.258 e. The Hall–Kier alpha value is -1.29. The summed E-state index contributed by atoms with van der Waals surface area (Å²) in [5.41, 5.74) is 5.23. The molecule has 2 rings (SSSR count). The number of nitrogens with zero attached hydrogens (tertiary/aromatic N) is 1. The van der Waals surface area contributed by atoms with E-state index in [4.69, 9.17) is 9.26 Å². The van der Waals surface area contributed by atoms with Crippen LogP contribution in [-0.4, -0.2) is 21.1 Å². The number of aryl methyl sites for hydroxylation is 1. The van der Waals surface area contributed by atoms with Crippen LogP contribution >= 0.6 is 0 Å². The van der Waals surface area contributed by atoms with Gasteiger partial charge in [-0.3, -0.25) is 0 Å². The lowest BCUT2D eigenvalue weighted by atomic mass is 9.89. The molecule has 0 heterocycles. The predicted molar refractivity (Wildman–Crippen MR) is 105 cm³/mol. The summed E-state index contributed by atoms with van der Waals surface area (Å²) >= 11 is 0. The molecule has 3 nitrogen and oxygen atoms in total. The van der Waals surface area contributed by atoms with E-state index in [1.54, 1.807) is 7.11 Å². The minimum absolute atomic E-state index is 0.555. The van der Waals surface area contributed by atoms with Gasteiger partial charge in [-0.2, -0.15) is 0 Å². The van der Waals surface area contributed by atoms with Crippen molar-refractivity contribution in [2.45, 2.75) is 77.4 Å². The molecule has 0 aromatic heterocycles. The summed E-state index contributed by atoms with van der Waals surface area (Å²) in [5, 5.41) is 4.30. The van der Waals surface area contributed by atoms with E-state index in [2.05, 4.69) is 64.9 Å². The van der Waals surface area contributed by atoms with Crippen LogP contribution in [0.15, 0.2) is 23.4 Å². The monoisotopic (exact) mass is 347 g/mol. The SMILES string of the molecule is CO/N=C1\CCCc2cccc(O[Si](C(C)C)(C(C)C)C(C)C)c21. The molecule has 0 N–H and O–H groups in total. The second-order valence-electron chi connectivity index (χ2n) is 7.78. The van der Waals surface area contributed by atoms with Gasteiger partial charge in [0, 0.05) is 5.56 Å². The molecule has 0 spiro atoms. The first-order valence-corrected chi connectivity index (χ1v) is 11.4. The first kappa shape index (κ1) is 19.0. The minimum atomic E-state index is -1.98. The van der Waals surface area contributed by atoms with Crippen LogP contribution in [-0.2, 0) is 11.3 Å². The first-order chi connectivity index (χ1) is 11.3. The van der Waals surface area contributed by atoms with Gasteiger partial charge in [-0.15, -0.1) is 0 Å². The lowest BCUT2D eigenvalue weighted by Crippen LogP contribution is -2.51. The van der Waals surface area contributed by atoms with Gasteiger partial charge in [-0.1, -0.05) is 58.8 Å². The summed E-state index contributed by atoms with van der Waals surface area (Å²) in [5.74, 6) is 1.02. The van der Waals surface area contributed by atoms with Crippen molar-refractivity contribution in [2.75, 3.05) is 7.11 Å². The molecular weight excluding hydrogens is 314 g/mol. The van der Waals surface area contributed by atoms with Gasteiger partial charge in [0.05, 0.1) is 5.71 Å². The highest BCUT2D eigenvalue weighted by molar-refractivity contribution is 6.78. The summed E-state index contributed by atoms with van der Waals surface area (Å²) in [7, 11) is -0.351. The van der Waals surface area contributed by atoms with Crippen LogP contribution in [0.3, 0.4) is 0 Å². The molecule has 0 bridgehead atoms. The summed E-state index contributed by atoms with van der Waals surface area (Å²) in [6.45, 7) is 14.0. The normalized spacial score (nSPS) is 16.8. The fourth-order valence-corrected chi connectivity index (χ4v) is 9.77. The molecule has 0 atom stereocenters. The van der Waals surface area contributed by atoms with Crippen LogP contribution in [0.25, 0.3) is 0 Å². The summed E-state index contributed by atoms with van der Waals surface area (Å²) in [6, 6.07) is 6.46. The standard InChI is InChI=1S/C20H33NO2Si/c1-14(2)24(15(3)4,16(5)6)23-19-13-9-11-17-10-8-12-18(20(17)19)21-22-7/h9,11,13-16H,8,10,12H2,1-7H3/b21-18+. The van der Waals surface area contributed by atoms with Crippen LogP contribution in [0, 0.1) is 0 Å². The van der Waals surface area contributed by atoms with Crippen molar-refractivity contribution < 1.29 is 9.26 Å². The van der Waals surface area contributed by atoms with E-state index in [0.717, 1.165) is 30.7 Å². The molecule has 0 radical (unpaired) electrons. The van der Waals surface area contributed by atoms with Crippen molar-refractivity contribution >= 4 is 14.0 Å². The molecule has 0 fully saturated rings. The van der Waals surface area contributed by atoms with Gasteiger partial charge >= 0.3 is 0 Å². The van der Waals surface area contributed by atoms with E-state index in [-0.39, 0.29) is 0 Å². The second-order valence-corrected chi connectivity index (χ2v) is 13.2. The highest BCUT2D eigenvalue weighted by Crippen LogP contribution is 2.44. The molecule has 1 aromatic rings. The van der Waals surface area contributed by atoms with Crippen molar-refractivity contribution in [1.82, 2.24) is 0 Å². The molecule has 0 saturated heterocycles. The predicted octanol–water partition coefficient (Wildman–Crippen LogP) is 5.93. The number of hydrogen-bond acceptors (Lipinski definition) is 3. The molecule has 0 aliphatic heterocycles. The average molecular weight is 348 g/mol. The van der Waals surface area contributed by atoms with Crippen LogP contribution in [0.5, 0.6) is 5.75 Å². The highest BCUT2D eigenvalue weighted by atomic mass is 28.4. The Bertz CT molecular complexity index is 572. The minimum Gasteiger partial charge on any atom is -0.542 e. The number of rotatable bonds is 6. The number of fused-ring (bicyclic) bond motifs is 1. The van der Waals surface area contributed by atoms with Crippen molar-refractivity contribution in [3.8, 4) is 5.75 Å². The van der Waals surface area contributed by atoms with Crippen LogP contribution < -0.4 is 4.43 Å². The van der Waals surface area contributed by atoms with Crippen molar-refractivity contribution in [3.05, 3.63) is 29.3 Å². The molecule has 24 heavy (non-hydrogen) atoms. The van der Waals surface area contributed by atoms with E-state index < -0.39 is 8.32 Å². The summed E-state index contributed by atoms with van der Waals surface area (Å²) in [6.07, 6.45) is 3.18. The third kappa shape index (κ3) is 3.39. The molecule has 0 amide bonds. The van der Waals surface area contributed by atoms with Crippen molar-refractivity contribution in [3.63, 3.8) is 0 Å². The molecule has 1 aliphatic carbocycles. The highest BCUT2D eigenvalue weighted by Gasteiger charge is 2.47. The zero-order valence-electron chi connectivity index (χ0n) is 16.3. The van der Waals surface area contributed by atoms with Gasteiger partial charge in [-0.25, -0.2) is 0 Å². The Labute approximate surface area is 148 Å². The third-order valence-electron chi connectivity index (χ3n) is 5.46. The molecular formula is C20H33NO2Si. The van der Waals surface area contributed by atoms with E-state index >= 15 is 0 Å². The van der Waals surface area contributed by atoms with E-state index in [9.17, 15) is 0 Å². The molecule has 134 valence electrons. The Morgan fingerprint density at radius 3 is 2.12 bits per heavy atom. The number of benzene rings is 1. The lowest BCUT2D eigenvalue weighted by Gasteiger charge is -2.43. The Morgan fingerprint density at radius 2 is 1.58 bits per heavy atom. The zero-order valence-corrected chi connectivity index (χ0v) is 17.3. The Morgan fingerprint density at radius 1 is 0.958 bits per heavy atom. The molecule has 0 unspecified atom stereocenters. The van der Waals surface area contributed by atoms with Crippen LogP contribution in [0.4, 0.5) is 0 Å². The first-order valence-electron chi connectivity index (χ1n) is 9.25. The van der Waals surface area contributed by atoms with Crippen LogP contribution in [0.2, 0.25) is 16.6 Å². The molecule has 0 saturated carbocycles. The zero-order chi connectivity index (χ0) is 17.9. The van der Waals surface area contributed by atoms with Crippen LogP contribution in [0.1, 0.15) is 65.5 Å². The van der Waals surface area contributed by atoms with Crippen molar-refractivity contribution in [1.29, 1.82) is 0 Å². The van der Waals surface area contributed by atoms with Crippen molar-refractivity contribution in [2.24, 2.45) is 5.16 Å². The van der Waals surface area contributed by atoms with Gasteiger partial charge in [0.15, 0.2) is 0 Å². The van der Waals surface area contributed by atoms with Gasteiger partial charge in [0.25, 0.3) is 8.32 Å². The number of oxime groups is 1. The maximum absolute atomic E-state index is 6.96. The van der Waals surface area contributed by atoms with Gasteiger partial charge in [0.1, 0.15) is 12.9 Å². The summed E-state index contributed by atoms with van der Waals surface area (Å²) in [4.78, 5) is 5.11. The van der Waals surface area contributed by atoms with E-state index in [1.165, 1.54) is 11.1 Å². The Kier molecular flexibility index (Phi) is 6.13. The molecule has 4 heteroatoms. The molecule has 1 aliphatic rings. The third-order valence-corrected chi connectivity index (χ3v) is 11.4. The topological polar surface area (TPSA) is 30.8 Å². The second kappa shape index (κ2) is 7.73. The maximum atomic E-state index is 6.96. The largest absolute Gasteiger partial charge is 0.542 e. The van der Waals surface area contributed by atoms with E-state index in [1.807, 2.05) is 0 Å². The van der Waals surface area contributed by atoms with Gasteiger partial charge < -0.3 is 9.26 Å². The average Bonchev–Trinajstić information content (AvgIpc) is 2.52. The fourth-order valence-electron chi connectivity index (χ4n) is 4.51. The smallest absolute Gasteiger partial charge is 0.258 e. The van der Waals surface area contributed by atoms with Gasteiger partial charge in [0.2, 0.25) is 0 Å². The van der Waals surface area contributed by atoms with E-state index in [0.29, 0.717) is 16.6 Å². The lowest BCUT2D eigenvalue weighted by molar-refractivity contribution is 0.212. The van der Waals surface area contributed by atoms with Gasteiger partial charge in [-0.05, 0) is 47.5 Å². The quantitative estimate of drug-likeness (QED) is 0.472. The fraction of sp³-hybridized carbons (Fsp3) is 0.650. The Balaban J connectivity index is 2.55. The summed E-state index contributed by atoms with van der Waals surface area (Å²) < 4.78 is 6.96. The molecule has 1 aromatic carbocycles. The number of hydrogen-bond donors (Lipinski definition) is 0.